The van der Waals surface area contributed by atoms with Crippen molar-refractivity contribution in [1.82, 2.24) is 20.1 Å². The Labute approximate surface area is 212 Å². The summed E-state index contributed by atoms with van der Waals surface area (Å²) in [4.78, 5) is 36.9. The summed E-state index contributed by atoms with van der Waals surface area (Å²) >= 11 is 1.14. The molecule has 0 saturated carbocycles. The van der Waals surface area contributed by atoms with E-state index in [-0.39, 0.29) is 18.3 Å². The van der Waals surface area contributed by atoms with E-state index in [9.17, 15) is 19.5 Å². The summed E-state index contributed by atoms with van der Waals surface area (Å²) in [5.41, 5.74) is 1.20. The van der Waals surface area contributed by atoms with E-state index in [0.717, 1.165) is 11.8 Å². The Bertz CT molecular complexity index is 1210. The van der Waals surface area contributed by atoms with Crippen LogP contribution in [0.1, 0.15) is 39.5 Å². The number of anilines is 1. The van der Waals surface area contributed by atoms with Crippen molar-refractivity contribution < 1.29 is 29.0 Å². The predicted octanol–water partition coefficient (Wildman–Crippen LogP) is 2.19. The van der Waals surface area contributed by atoms with E-state index >= 15 is 0 Å². The Balaban J connectivity index is 1.59. The molecule has 3 aromatic rings. The molecule has 0 bridgehead atoms. The van der Waals surface area contributed by atoms with Crippen molar-refractivity contribution in [3.8, 4) is 5.75 Å². The maximum atomic E-state index is 12.6. The van der Waals surface area contributed by atoms with Crippen LogP contribution in [0.4, 0.5) is 5.69 Å². The zero-order valence-electron chi connectivity index (χ0n) is 20.1. The number of nitrogens with zero attached hydrogens (tertiary/aromatic N) is 3. The van der Waals surface area contributed by atoms with Crippen molar-refractivity contribution in [1.29, 1.82) is 0 Å². The molecule has 3 N–H and O–H groups in total. The fourth-order valence-electron chi connectivity index (χ4n) is 3.20. The smallest absolute Gasteiger partial charge is 0.338 e. The molecule has 2 aromatic carbocycles. The molecule has 12 heteroatoms. The number of esters is 1. The van der Waals surface area contributed by atoms with Gasteiger partial charge in [0.2, 0.25) is 5.91 Å². The lowest BCUT2D eigenvalue weighted by Gasteiger charge is -2.16. The van der Waals surface area contributed by atoms with Crippen molar-refractivity contribution >= 4 is 35.2 Å². The van der Waals surface area contributed by atoms with E-state index < -0.39 is 24.5 Å². The molecule has 0 aliphatic rings. The summed E-state index contributed by atoms with van der Waals surface area (Å²) < 4.78 is 11.7. The molecule has 0 aliphatic carbocycles. The molecule has 3 rings (SSSR count). The maximum absolute atomic E-state index is 12.6. The highest BCUT2D eigenvalue weighted by molar-refractivity contribution is 7.99. The van der Waals surface area contributed by atoms with Gasteiger partial charge in [0.05, 0.1) is 31.6 Å². The van der Waals surface area contributed by atoms with E-state index in [0.29, 0.717) is 33.5 Å². The third-order valence-corrected chi connectivity index (χ3v) is 6.03. The molecule has 0 saturated heterocycles. The summed E-state index contributed by atoms with van der Waals surface area (Å²) in [6.07, 6.45) is 0. The third-order valence-electron chi connectivity index (χ3n) is 5.01. The van der Waals surface area contributed by atoms with Crippen LogP contribution in [-0.4, -0.2) is 63.7 Å². The highest BCUT2D eigenvalue weighted by Gasteiger charge is 2.22. The summed E-state index contributed by atoms with van der Waals surface area (Å²) in [5, 5.41) is 23.9. The average molecular weight is 514 g/mol. The van der Waals surface area contributed by atoms with E-state index in [2.05, 4.69) is 20.8 Å². The number of rotatable bonds is 11. The van der Waals surface area contributed by atoms with Crippen molar-refractivity contribution in [2.24, 2.45) is 7.05 Å². The van der Waals surface area contributed by atoms with Crippen LogP contribution >= 0.6 is 11.8 Å². The normalized spacial score (nSPS) is 11.4. The highest BCUT2D eigenvalue weighted by atomic mass is 32.2. The zero-order valence-corrected chi connectivity index (χ0v) is 20.9. The predicted molar refractivity (Wildman–Crippen MR) is 133 cm³/mol. The molecule has 0 spiro atoms. The largest absolute Gasteiger partial charge is 0.497 e. The maximum Gasteiger partial charge on any atom is 0.338 e. The number of nitrogens with one attached hydrogen (secondary N) is 2. The number of amides is 2. The first-order chi connectivity index (χ1) is 17.4. The molecule has 36 heavy (non-hydrogen) atoms. The van der Waals surface area contributed by atoms with Crippen LogP contribution in [0.25, 0.3) is 0 Å². The first kappa shape index (κ1) is 26.7. The number of ether oxygens (including phenoxy) is 2. The van der Waals surface area contributed by atoms with Crippen LogP contribution in [-0.2, 0) is 16.6 Å². The van der Waals surface area contributed by atoms with E-state index in [1.54, 1.807) is 67.1 Å². The van der Waals surface area contributed by atoms with Gasteiger partial charge < -0.3 is 29.8 Å². The van der Waals surface area contributed by atoms with Crippen LogP contribution < -0.4 is 15.4 Å². The summed E-state index contributed by atoms with van der Waals surface area (Å²) in [5.74, 6) is -0.180. The second-order valence-corrected chi connectivity index (χ2v) is 8.42. The lowest BCUT2D eigenvalue weighted by molar-refractivity contribution is -0.113. The number of thioether (sulfide) groups is 1. The van der Waals surface area contributed by atoms with Crippen LogP contribution in [0, 0.1) is 0 Å². The fraction of sp³-hybridized carbons (Fsp3) is 0.292. The number of carbonyl (C=O) groups is 3. The van der Waals surface area contributed by atoms with Crippen LogP contribution in [0.2, 0.25) is 0 Å². The molecular formula is C24H27N5O6S. The van der Waals surface area contributed by atoms with Crippen molar-refractivity contribution in [3.05, 3.63) is 65.5 Å². The Morgan fingerprint density at radius 3 is 2.53 bits per heavy atom. The Hall–Kier alpha value is -3.90. The lowest BCUT2D eigenvalue weighted by Crippen LogP contribution is -2.32. The van der Waals surface area contributed by atoms with Gasteiger partial charge in [-0.15, -0.1) is 10.2 Å². The number of carbonyl (C=O) groups excluding carboxylic acids is 3. The summed E-state index contributed by atoms with van der Waals surface area (Å²) in [7, 11) is 3.22. The van der Waals surface area contributed by atoms with Crippen LogP contribution in [0.15, 0.2) is 53.7 Å². The Kier molecular flexibility index (Phi) is 9.42. The second kappa shape index (κ2) is 12.7. The topological polar surface area (TPSA) is 145 Å². The minimum atomic E-state index is -0.800. The molecule has 11 nitrogen and oxygen atoms in total. The van der Waals surface area contributed by atoms with Gasteiger partial charge >= 0.3 is 5.97 Å². The molecule has 1 atom stereocenters. The number of hydrogen-bond acceptors (Lipinski definition) is 9. The van der Waals surface area contributed by atoms with Crippen LogP contribution in [0.3, 0.4) is 0 Å². The number of hydrogen-bond donors (Lipinski definition) is 3. The van der Waals surface area contributed by atoms with Gasteiger partial charge in [0.1, 0.15) is 11.8 Å². The summed E-state index contributed by atoms with van der Waals surface area (Å²) in [6.45, 7) is 1.58. The molecule has 1 heterocycles. The van der Waals surface area contributed by atoms with Gasteiger partial charge in [-0.05, 0) is 49.4 Å². The number of benzene rings is 2. The zero-order chi connectivity index (χ0) is 26.1. The number of aromatic nitrogens is 3. The van der Waals surface area contributed by atoms with Gasteiger partial charge in [-0.3, -0.25) is 9.59 Å². The van der Waals surface area contributed by atoms with E-state index in [1.807, 2.05) is 0 Å². The first-order valence-electron chi connectivity index (χ1n) is 11.0. The van der Waals surface area contributed by atoms with E-state index in [1.165, 1.54) is 7.11 Å². The SMILES string of the molecule is CCOC(=O)c1cccc(NC(=O)CSc2nnc([C@H](CO)NC(=O)c3ccc(OC)cc3)n2C)c1. The molecule has 0 fully saturated rings. The standard InChI is InChI=1S/C24H27N5O6S/c1-4-35-23(33)16-6-5-7-17(12-16)25-20(31)14-36-24-28-27-21(29(24)2)19(13-30)26-22(32)15-8-10-18(34-3)11-9-15/h5-12,19,30H,4,13-14H2,1-3H3,(H,25,31)(H,26,32)/t19-/m0/s1. The van der Waals surface area contributed by atoms with Gasteiger partial charge in [-0.25, -0.2) is 4.79 Å². The van der Waals surface area contributed by atoms with Crippen molar-refractivity contribution in [2.75, 3.05) is 31.4 Å². The monoisotopic (exact) mass is 513 g/mol. The Morgan fingerprint density at radius 2 is 1.86 bits per heavy atom. The Morgan fingerprint density at radius 1 is 1.11 bits per heavy atom. The number of aliphatic hydroxyl groups excluding tert-OH is 1. The molecule has 0 unspecified atom stereocenters. The highest BCUT2D eigenvalue weighted by Crippen LogP contribution is 2.21. The minimum Gasteiger partial charge on any atom is -0.497 e. The minimum absolute atomic E-state index is 0.0254. The third kappa shape index (κ3) is 6.83. The molecule has 2 amide bonds. The average Bonchev–Trinajstić information content (AvgIpc) is 3.26. The van der Waals surface area contributed by atoms with Crippen molar-refractivity contribution in [2.45, 2.75) is 18.1 Å². The van der Waals surface area contributed by atoms with Gasteiger partial charge in [-0.1, -0.05) is 17.8 Å². The quantitative estimate of drug-likeness (QED) is 0.259. The van der Waals surface area contributed by atoms with Crippen molar-refractivity contribution in [3.63, 3.8) is 0 Å². The molecule has 1 aromatic heterocycles. The number of methoxy groups -OCH3 is 1. The van der Waals surface area contributed by atoms with Gasteiger partial charge in [0, 0.05) is 18.3 Å². The first-order valence-corrected chi connectivity index (χ1v) is 12.0. The van der Waals surface area contributed by atoms with Gasteiger partial charge in [0.15, 0.2) is 11.0 Å². The van der Waals surface area contributed by atoms with Gasteiger partial charge in [0.25, 0.3) is 5.91 Å². The molecule has 0 aliphatic heterocycles. The lowest BCUT2D eigenvalue weighted by atomic mass is 10.2. The van der Waals surface area contributed by atoms with Crippen LogP contribution in [0.5, 0.6) is 5.75 Å². The number of aliphatic hydroxyl groups is 1. The molecular weight excluding hydrogens is 486 g/mol. The molecule has 0 radical (unpaired) electrons. The second-order valence-electron chi connectivity index (χ2n) is 7.48. The summed E-state index contributed by atoms with van der Waals surface area (Å²) in [6, 6.07) is 12.2. The van der Waals surface area contributed by atoms with Gasteiger partial charge in [-0.2, -0.15) is 0 Å². The molecule has 190 valence electrons. The van der Waals surface area contributed by atoms with E-state index in [4.69, 9.17) is 9.47 Å². The fourth-order valence-corrected chi connectivity index (χ4v) is 3.91.